The molecule has 1 saturated heterocycles. The summed E-state index contributed by atoms with van der Waals surface area (Å²) in [6.45, 7) is 2.63. The number of carbonyl (C=O) groups excluding carboxylic acids is 1. The first kappa shape index (κ1) is 22.6. The number of nitrogens with two attached hydrogens (primary N) is 1. The Labute approximate surface area is 197 Å². The minimum absolute atomic E-state index is 0.0547. The molecule has 1 spiro atoms. The molecule has 2 aliphatic heterocycles. The third-order valence-corrected chi connectivity index (χ3v) is 7.72. The maximum atomic E-state index is 11.2. The van der Waals surface area contributed by atoms with E-state index in [9.17, 15) is 15.0 Å². The normalized spacial score (nSPS) is 24.2. The first-order valence-corrected chi connectivity index (χ1v) is 11.8. The molecule has 3 heterocycles. The summed E-state index contributed by atoms with van der Waals surface area (Å²) in [6, 6.07) is 5.60. The number of rotatable bonds is 6. The zero-order valence-corrected chi connectivity index (χ0v) is 19.2. The van der Waals surface area contributed by atoms with Crippen molar-refractivity contribution in [2.24, 2.45) is 5.73 Å². The summed E-state index contributed by atoms with van der Waals surface area (Å²) < 4.78 is 8.09. The summed E-state index contributed by atoms with van der Waals surface area (Å²) >= 11 is 6.28. The number of hydrogen-bond acceptors (Lipinski definition) is 7. The first-order valence-electron chi connectivity index (χ1n) is 11.4. The molecular formula is C24H29ClN4O4. The lowest BCUT2D eigenvalue weighted by atomic mass is 9.76. The summed E-state index contributed by atoms with van der Waals surface area (Å²) in [7, 11) is 0. The number of nitrogens with zero attached hydrogens (tertiary/aromatic N) is 3. The Morgan fingerprint density at radius 1 is 1.33 bits per heavy atom. The number of halogens is 1. The van der Waals surface area contributed by atoms with Crippen LogP contribution in [-0.4, -0.2) is 55.6 Å². The fourth-order valence-corrected chi connectivity index (χ4v) is 5.49. The van der Waals surface area contributed by atoms with E-state index >= 15 is 0 Å². The van der Waals surface area contributed by atoms with Crippen LogP contribution in [0.5, 0.6) is 0 Å². The molecule has 1 saturated carbocycles. The van der Waals surface area contributed by atoms with E-state index in [0.717, 1.165) is 55.6 Å². The molecule has 8 nitrogen and oxygen atoms in total. The fourth-order valence-electron chi connectivity index (χ4n) is 5.31. The molecule has 1 aromatic carbocycles. The second-order valence-corrected chi connectivity index (χ2v) is 10.0. The van der Waals surface area contributed by atoms with Crippen LogP contribution in [-0.2, 0) is 28.2 Å². The SMILES string of the molecule is NC(=C=O)C1OC2(CCN(Cc3cnn(CC(O)C4(O)CCC4)c3)CC2)c2cc(Cl)ccc21. The van der Waals surface area contributed by atoms with Crippen molar-refractivity contribution < 1.29 is 19.7 Å². The van der Waals surface area contributed by atoms with Gasteiger partial charge in [0, 0.05) is 36.4 Å². The van der Waals surface area contributed by atoms with Gasteiger partial charge in [-0.1, -0.05) is 17.7 Å². The lowest BCUT2D eigenvalue weighted by molar-refractivity contribution is -0.131. The summed E-state index contributed by atoms with van der Waals surface area (Å²) in [4.78, 5) is 13.5. The highest BCUT2D eigenvalue weighted by molar-refractivity contribution is 6.30. The molecule has 2 fully saturated rings. The van der Waals surface area contributed by atoms with Crippen molar-refractivity contribution in [3.63, 3.8) is 0 Å². The molecule has 5 rings (SSSR count). The maximum absolute atomic E-state index is 11.2. The van der Waals surface area contributed by atoms with Gasteiger partial charge in [-0.3, -0.25) is 9.58 Å². The Balaban J connectivity index is 1.23. The van der Waals surface area contributed by atoms with Crippen LogP contribution in [0.3, 0.4) is 0 Å². The van der Waals surface area contributed by atoms with E-state index in [-0.39, 0.29) is 12.2 Å². The second-order valence-electron chi connectivity index (χ2n) is 9.60. The quantitative estimate of drug-likeness (QED) is 0.551. The number of aliphatic hydroxyl groups is 2. The molecule has 1 aromatic heterocycles. The van der Waals surface area contributed by atoms with Gasteiger partial charge < -0.3 is 20.7 Å². The van der Waals surface area contributed by atoms with Crippen molar-refractivity contribution >= 4 is 17.5 Å². The van der Waals surface area contributed by atoms with Crippen LogP contribution >= 0.6 is 11.6 Å². The maximum Gasteiger partial charge on any atom is 0.148 e. The van der Waals surface area contributed by atoms with Crippen molar-refractivity contribution in [2.45, 2.75) is 68.6 Å². The van der Waals surface area contributed by atoms with Crippen molar-refractivity contribution in [3.8, 4) is 0 Å². The van der Waals surface area contributed by atoms with Crippen LogP contribution in [0.4, 0.5) is 0 Å². The number of hydrogen-bond donors (Lipinski definition) is 3. The number of benzene rings is 1. The van der Waals surface area contributed by atoms with Gasteiger partial charge in [0.25, 0.3) is 0 Å². The number of piperidine rings is 1. The van der Waals surface area contributed by atoms with Gasteiger partial charge in [0.15, 0.2) is 0 Å². The zero-order valence-electron chi connectivity index (χ0n) is 18.4. The van der Waals surface area contributed by atoms with E-state index in [4.69, 9.17) is 22.1 Å². The summed E-state index contributed by atoms with van der Waals surface area (Å²) in [5.74, 6) is 1.79. The second kappa shape index (κ2) is 8.55. The first-order chi connectivity index (χ1) is 15.8. The molecule has 9 heteroatoms. The van der Waals surface area contributed by atoms with Crippen molar-refractivity contribution in [3.05, 3.63) is 58.0 Å². The third kappa shape index (κ3) is 4.12. The number of likely N-dealkylation sites (tertiary alicyclic amines) is 1. The molecule has 0 radical (unpaired) electrons. The van der Waals surface area contributed by atoms with Gasteiger partial charge in [0.2, 0.25) is 0 Å². The lowest BCUT2D eigenvalue weighted by Gasteiger charge is -2.40. The molecule has 33 heavy (non-hydrogen) atoms. The molecule has 2 unspecified atom stereocenters. The monoisotopic (exact) mass is 472 g/mol. The molecule has 1 aliphatic carbocycles. The zero-order chi connectivity index (χ0) is 23.2. The minimum atomic E-state index is -0.964. The Hall–Kier alpha value is -2.19. The van der Waals surface area contributed by atoms with E-state index in [1.165, 1.54) is 0 Å². The molecule has 4 N–H and O–H groups in total. The summed E-state index contributed by atoms with van der Waals surface area (Å²) in [5, 5.41) is 25.6. The van der Waals surface area contributed by atoms with Gasteiger partial charge in [-0.2, -0.15) is 5.10 Å². The van der Waals surface area contributed by atoms with Gasteiger partial charge >= 0.3 is 0 Å². The highest BCUT2D eigenvalue weighted by atomic mass is 35.5. The van der Waals surface area contributed by atoms with Crippen LogP contribution in [0.1, 0.15) is 54.9 Å². The van der Waals surface area contributed by atoms with Gasteiger partial charge in [0.1, 0.15) is 23.8 Å². The van der Waals surface area contributed by atoms with Crippen molar-refractivity contribution in [1.82, 2.24) is 14.7 Å². The van der Waals surface area contributed by atoms with E-state index in [1.54, 1.807) is 16.7 Å². The summed E-state index contributed by atoms with van der Waals surface area (Å²) in [5.41, 5.74) is 7.43. The van der Waals surface area contributed by atoms with E-state index < -0.39 is 23.4 Å². The average Bonchev–Trinajstić information content (AvgIpc) is 3.35. The van der Waals surface area contributed by atoms with Gasteiger partial charge in [0.05, 0.1) is 23.9 Å². The van der Waals surface area contributed by atoms with Crippen molar-refractivity contribution in [2.75, 3.05) is 13.1 Å². The number of aromatic nitrogens is 2. The highest BCUT2D eigenvalue weighted by Gasteiger charge is 2.48. The van der Waals surface area contributed by atoms with Crippen LogP contribution in [0.2, 0.25) is 5.02 Å². The largest absolute Gasteiger partial charge is 0.391 e. The van der Waals surface area contributed by atoms with Gasteiger partial charge in [-0.05, 0) is 55.4 Å². The van der Waals surface area contributed by atoms with Crippen LogP contribution in [0.25, 0.3) is 0 Å². The molecule has 2 atom stereocenters. The standard InChI is InChI=1S/C24H29ClN4O4/c25-17-2-3-18-19(10-17)24(33-22(18)20(26)15-30)6-8-28(9-7-24)12-16-11-27-29(13-16)14-21(31)23(32)4-1-5-23/h2-3,10-11,13,21-22,31-32H,1,4-9,12,14,26H2. The smallest absolute Gasteiger partial charge is 0.148 e. The third-order valence-electron chi connectivity index (χ3n) is 7.49. The number of fused-ring (bicyclic) bond motifs is 2. The number of aliphatic hydroxyl groups excluding tert-OH is 1. The molecule has 2 aromatic rings. The molecule has 0 amide bonds. The van der Waals surface area contributed by atoms with E-state index in [2.05, 4.69) is 10.00 Å². The van der Waals surface area contributed by atoms with Gasteiger partial charge in [-0.15, -0.1) is 0 Å². The van der Waals surface area contributed by atoms with E-state index in [1.807, 2.05) is 24.5 Å². The van der Waals surface area contributed by atoms with Gasteiger partial charge in [-0.25, -0.2) is 4.79 Å². The Morgan fingerprint density at radius 3 is 2.76 bits per heavy atom. The summed E-state index contributed by atoms with van der Waals surface area (Å²) in [6.07, 6.45) is 6.10. The van der Waals surface area contributed by atoms with E-state index in [0.29, 0.717) is 17.9 Å². The molecular weight excluding hydrogens is 444 g/mol. The lowest BCUT2D eigenvalue weighted by Crippen LogP contribution is -2.50. The highest BCUT2D eigenvalue weighted by Crippen LogP contribution is 2.51. The molecule has 176 valence electrons. The molecule has 3 aliphatic rings. The molecule has 0 bridgehead atoms. The number of ether oxygens (including phenoxy) is 1. The van der Waals surface area contributed by atoms with Crippen molar-refractivity contribution in [1.29, 1.82) is 0 Å². The fraction of sp³-hybridized carbons (Fsp3) is 0.542. The predicted molar refractivity (Wildman–Crippen MR) is 122 cm³/mol. The predicted octanol–water partition coefficient (Wildman–Crippen LogP) is 2.05. The Bertz CT molecular complexity index is 1080. The van der Waals surface area contributed by atoms with Crippen LogP contribution in [0.15, 0.2) is 36.3 Å². The van der Waals surface area contributed by atoms with Crippen LogP contribution < -0.4 is 5.73 Å². The van der Waals surface area contributed by atoms with Crippen LogP contribution in [0, 0.1) is 0 Å². The minimum Gasteiger partial charge on any atom is -0.391 e. The average molecular weight is 473 g/mol. The topological polar surface area (TPSA) is 114 Å². The Kier molecular flexibility index (Phi) is 5.85. The Morgan fingerprint density at radius 2 is 2.09 bits per heavy atom.